The Kier molecular flexibility index (Phi) is 5.14. The van der Waals surface area contributed by atoms with Crippen LogP contribution in [0.5, 0.6) is 0 Å². The van der Waals surface area contributed by atoms with Gasteiger partial charge in [0.2, 0.25) is 5.91 Å². The van der Waals surface area contributed by atoms with E-state index in [0.29, 0.717) is 13.2 Å². The van der Waals surface area contributed by atoms with Crippen LogP contribution in [0.3, 0.4) is 0 Å². The van der Waals surface area contributed by atoms with E-state index in [1.54, 1.807) is 11.9 Å². The first kappa shape index (κ1) is 17.2. The summed E-state index contributed by atoms with van der Waals surface area (Å²) in [6, 6.07) is 9.43. The number of carbonyl (C=O) groups excluding carboxylic acids is 1. The van der Waals surface area contributed by atoms with Crippen LogP contribution in [0.25, 0.3) is 0 Å². The molecular weight excluding hydrogens is 322 g/mol. The van der Waals surface area contributed by atoms with Crippen LogP contribution < -0.4 is 11.2 Å². The van der Waals surface area contributed by atoms with E-state index >= 15 is 0 Å². The third-order valence-electron chi connectivity index (χ3n) is 4.41. The molecule has 1 N–H and O–H groups in total. The zero-order valence-corrected chi connectivity index (χ0v) is 14.1. The number of nitrogens with one attached hydrogen (secondary N) is 1. The van der Waals surface area contributed by atoms with Gasteiger partial charge in [0.1, 0.15) is 0 Å². The van der Waals surface area contributed by atoms with E-state index < -0.39 is 11.2 Å². The summed E-state index contributed by atoms with van der Waals surface area (Å²) >= 11 is 0. The number of H-pyrrole nitrogens is 1. The predicted octanol–water partition coefficient (Wildman–Crippen LogP) is 0.527. The lowest BCUT2D eigenvalue weighted by Crippen LogP contribution is -2.39. The van der Waals surface area contributed by atoms with Crippen LogP contribution in [0.4, 0.5) is 0 Å². The number of ether oxygens (including phenoxy) is 1. The second-order valence-electron chi connectivity index (χ2n) is 6.23. The van der Waals surface area contributed by atoms with Gasteiger partial charge >= 0.3 is 5.69 Å². The van der Waals surface area contributed by atoms with Crippen LogP contribution in [-0.4, -0.2) is 40.1 Å². The monoisotopic (exact) mass is 343 g/mol. The summed E-state index contributed by atoms with van der Waals surface area (Å²) in [5, 5.41) is 0. The number of rotatable bonds is 5. The Balaban J connectivity index is 1.53. The van der Waals surface area contributed by atoms with Gasteiger partial charge in [-0.1, -0.05) is 24.3 Å². The van der Waals surface area contributed by atoms with Crippen LogP contribution in [0.15, 0.2) is 46.1 Å². The minimum absolute atomic E-state index is 0.0281. The van der Waals surface area contributed by atoms with Crippen molar-refractivity contribution in [1.82, 2.24) is 14.5 Å². The van der Waals surface area contributed by atoms with Crippen molar-refractivity contribution >= 4 is 5.91 Å². The minimum atomic E-state index is -0.504. The van der Waals surface area contributed by atoms with E-state index in [1.165, 1.54) is 28.0 Å². The van der Waals surface area contributed by atoms with E-state index in [9.17, 15) is 14.4 Å². The Labute approximate surface area is 144 Å². The van der Waals surface area contributed by atoms with E-state index in [2.05, 4.69) is 17.1 Å². The van der Waals surface area contributed by atoms with Crippen LogP contribution in [-0.2, 0) is 29.1 Å². The zero-order valence-electron chi connectivity index (χ0n) is 14.1. The number of aromatic amines is 1. The molecule has 2 aromatic rings. The highest BCUT2D eigenvalue weighted by Gasteiger charge is 2.22. The van der Waals surface area contributed by atoms with Gasteiger partial charge in [-0.3, -0.25) is 14.6 Å². The van der Waals surface area contributed by atoms with Crippen LogP contribution >= 0.6 is 0 Å². The standard InChI is InChI=1S/C18H21N3O4/c1-20(11-15-10-13-4-2-3-5-14(13)12-25-15)17(23)7-9-21-8-6-16(22)19-18(21)24/h2-6,8,15H,7,9-12H2,1H3,(H,19,22,24). The first-order valence-corrected chi connectivity index (χ1v) is 8.25. The normalized spacial score (nSPS) is 16.3. The van der Waals surface area contributed by atoms with Gasteiger partial charge in [-0.2, -0.15) is 0 Å². The fourth-order valence-electron chi connectivity index (χ4n) is 2.96. The van der Waals surface area contributed by atoms with Crippen LogP contribution in [0.1, 0.15) is 17.5 Å². The zero-order chi connectivity index (χ0) is 17.8. The second-order valence-corrected chi connectivity index (χ2v) is 6.23. The maximum atomic E-state index is 12.3. The predicted molar refractivity (Wildman–Crippen MR) is 92.3 cm³/mol. The van der Waals surface area contributed by atoms with Crippen molar-refractivity contribution in [3.63, 3.8) is 0 Å². The first-order valence-electron chi connectivity index (χ1n) is 8.25. The Morgan fingerprint density at radius 2 is 2.04 bits per heavy atom. The molecule has 0 aliphatic carbocycles. The highest BCUT2D eigenvalue weighted by molar-refractivity contribution is 5.75. The van der Waals surface area contributed by atoms with Crippen LogP contribution in [0, 0.1) is 0 Å². The van der Waals surface area contributed by atoms with Gasteiger partial charge in [0.05, 0.1) is 12.7 Å². The molecule has 3 rings (SSSR count). The lowest BCUT2D eigenvalue weighted by molar-refractivity contribution is -0.132. The largest absolute Gasteiger partial charge is 0.371 e. The highest BCUT2D eigenvalue weighted by Crippen LogP contribution is 2.20. The summed E-state index contributed by atoms with van der Waals surface area (Å²) in [5.41, 5.74) is 1.51. The van der Waals surface area contributed by atoms with Gasteiger partial charge in [-0.15, -0.1) is 0 Å². The van der Waals surface area contributed by atoms with E-state index in [-0.39, 0.29) is 25.0 Å². The number of hydrogen-bond donors (Lipinski definition) is 1. The molecule has 7 heteroatoms. The molecule has 0 spiro atoms. The van der Waals surface area contributed by atoms with Crippen molar-refractivity contribution in [2.45, 2.75) is 32.1 Å². The number of carbonyl (C=O) groups is 1. The molecular formula is C18H21N3O4. The van der Waals surface area contributed by atoms with Crippen molar-refractivity contribution in [2.75, 3.05) is 13.6 Å². The topological polar surface area (TPSA) is 84.4 Å². The highest BCUT2D eigenvalue weighted by atomic mass is 16.5. The smallest absolute Gasteiger partial charge is 0.328 e. The molecule has 25 heavy (non-hydrogen) atoms. The average Bonchev–Trinajstić information content (AvgIpc) is 2.60. The Bertz CT molecular complexity index is 871. The quantitative estimate of drug-likeness (QED) is 0.858. The lowest BCUT2D eigenvalue weighted by atomic mass is 9.99. The summed E-state index contributed by atoms with van der Waals surface area (Å²) in [5.74, 6) is -0.0689. The second kappa shape index (κ2) is 7.48. The molecule has 132 valence electrons. The SMILES string of the molecule is CN(CC1Cc2ccccc2CO1)C(=O)CCn1ccc(=O)[nH]c1=O. The molecule has 1 atom stereocenters. The van der Waals surface area contributed by atoms with Crippen molar-refractivity contribution < 1.29 is 9.53 Å². The molecule has 0 saturated carbocycles. The average molecular weight is 343 g/mol. The Morgan fingerprint density at radius 1 is 1.28 bits per heavy atom. The molecule has 1 aromatic heterocycles. The number of hydrogen-bond acceptors (Lipinski definition) is 4. The molecule has 1 aliphatic heterocycles. The summed E-state index contributed by atoms with van der Waals surface area (Å²) < 4.78 is 7.15. The summed E-state index contributed by atoms with van der Waals surface area (Å²) in [7, 11) is 1.74. The van der Waals surface area contributed by atoms with Crippen molar-refractivity contribution in [3.8, 4) is 0 Å². The van der Waals surface area contributed by atoms with E-state index in [0.717, 1.165) is 6.42 Å². The third-order valence-corrected chi connectivity index (χ3v) is 4.41. The van der Waals surface area contributed by atoms with Gasteiger partial charge in [0.15, 0.2) is 0 Å². The van der Waals surface area contributed by atoms with Crippen LogP contribution in [0.2, 0.25) is 0 Å². The maximum Gasteiger partial charge on any atom is 0.328 e. The van der Waals surface area contributed by atoms with Crippen molar-refractivity contribution in [2.24, 2.45) is 0 Å². The van der Waals surface area contributed by atoms with Gasteiger partial charge < -0.3 is 14.2 Å². The molecule has 0 bridgehead atoms. The number of amides is 1. The van der Waals surface area contributed by atoms with E-state index in [4.69, 9.17) is 4.74 Å². The molecule has 7 nitrogen and oxygen atoms in total. The molecule has 0 fully saturated rings. The summed E-state index contributed by atoms with van der Waals surface area (Å²) in [6.45, 7) is 1.30. The van der Waals surface area contributed by atoms with Gasteiger partial charge in [0.25, 0.3) is 5.56 Å². The molecule has 0 radical (unpaired) electrons. The fourth-order valence-corrected chi connectivity index (χ4v) is 2.96. The summed E-state index contributed by atoms with van der Waals surface area (Å²) in [6.07, 6.45) is 2.34. The number of nitrogens with zero attached hydrogens (tertiary/aromatic N) is 2. The molecule has 1 aliphatic rings. The molecule has 1 unspecified atom stereocenters. The van der Waals surface area contributed by atoms with Crippen molar-refractivity contribution in [1.29, 1.82) is 0 Å². The minimum Gasteiger partial charge on any atom is -0.371 e. The first-order chi connectivity index (χ1) is 12.0. The molecule has 1 aromatic carbocycles. The molecule has 0 saturated heterocycles. The van der Waals surface area contributed by atoms with Gasteiger partial charge in [-0.25, -0.2) is 4.79 Å². The molecule has 1 amide bonds. The Hall–Kier alpha value is -2.67. The number of fused-ring (bicyclic) bond motifs is 1. The number of aryl methyl sites for hydroxylation is 1. The lowest BCUT2D eigenvalue weighted by Gasteiger charge is -2.29. The fraction of sp³-hybridized carbons (Fsp3) is 0.389. The Morgan fingerprint density at radius 3 is 2.80 bits per heavy atom. The number of benzene rings is 1. The molecule has 2 heterocycles. The number of likely N-dealkylation sites (N-methyl/N-ethyl adjacent to an activating group) is 1. The van der Waals surface area contributed by atoms with Gasteiger partial charge in [-0.05, 0) is 11.1 Å². The maximum absolute atomic E-state index is 12.3. The summed E-state index contributed by atoms with van der Waals surface area (Å²) in [4.78, 5) is 38.8. The van der Waals surface area contributed by atoms with E-state index in [1.807, 2.05) is 12.1 Å². The number of aromatic nitrogens is 2. The van der Waals surface area contributed by atoms with Crippen molar-refractivity contribution in [3.05, 3.63) is 68.5 Å². The third kappa shape index (κ3) is 4.24. The van der Waals surface area contributed by atoms with Gasteiger partial charge in [0, 0.05) is 45.2 Å².